The van der Waals surface area contributed by atoms with Crippen LogP contribution in [0.4, 0.5) is 5.69 Å². The van der Waals surface area contributed by atoms with E-state index < -0.39 is 22.8 Å². The van der Waals surface area contributed by atoms with E-state index in [1.807, 2.05) is 6.92 Å². The summed E-state index contributed by atoms with van der Waals surface area (Å²) in [5, 5.41) is 13.7. The molecule has 3 aromatic rings. The smallest absolute Gasteiger partial charge is 0.333 e. The zero-order chi connectivity index (χ0) is 22.4. The van der Waals surface area contributed by atoms with Gasteiger partial charge in [-0.05, 0) is 30.7 Å². The van der Waals surface area contributed by atoms with Crippen LogP contribution in [0.1, 0.15) is 33.1 Å². The number of ether oxygens (including phenoxy) is 1. The third-order valence-corrected chi connectivity index (χ3v) is 4.93. The number of amides is 1. The molecule has 0 saturated carbocycles. The van der Waals surface area contributed by atoms with Crippen LogP contribution in [0.5, 0.6) is 0 Å². The van der Waals surface area contributed by atoms with Gasteiger partial charge in [-0.3, -0.25) is 14.9 Å². The van der Waals surface area contributed by atoms with E-state index in [1.165, 1.54) is 18.2 Å². The Morgan fingerprint density at radius 2 is 1.74 bits per heavy atom. The maximum Gasteiger partial charge on any atom is 0.333 e. The van der Waals surface area contributed by atoms with Crippen LogP contribution in [0.15, 0.2) is 72.8 Å². The summed E-state index contributed by atoms with van der Waals surface area (Å²) in [7, 11) is 0. The number of aryl methyl sites for hydroxylation is 1. The molecule has 0 aromatic heterocycles. The second-order valence-electron chi connectivity index (χ2n) is 6.82. The molecule has 0 fully saturated rings. The van der Waals surface area contributed by atoms with Crippen molar-refractivity contribution < 1.29 is 19.2 Å². The summed E-state index contributed by atoms with van der Waals surface area (Å²) in [5.74, 6) is -1.10. The fourth-order valence-corrected chi connectivity index (χ4v) is 3.07. The Morgan fingerprint density at radius 1 is 1.06 bits per heavy atom. The number of halogens is 1. The quantitative estimate of drug-likeness (QED) is 0.325. The van der Waals surface area contributed by atoms with Gasteiger partial charge in [-0.25, -0.2) is 4.79 Å². The summed E-state index contributed by atoms with van der Waals surface area (Å²) < 4.78 is 5.37. The summed E-state index contributed by atoms with van der Waals surface area (Å²) in [4.78, 5) is 35.8. The molecule has 3 aromatic carbocycles. The largest absolute Gasteiger partial charge is 0.459 e. The number of nitrogens with zero attached hydrogens (tertiary/aromatic N) is 1. The van der Waals surface area contributed by atoms with Crippen molar-refractivity contribution in [2.45, 2.75) is 19.6 Å². The van der Waals surface area contributed by atoms with Gasteiger partial charge < -0.3 is 10.1 Å². The summed E-state index contributed by atoms with van der Waals surface area (Å²) in [5.41, 5.74) is 2.24. The van der Waals surface area contributed by atoms with E-state index in [9.17, 15) is 19.7 Å². The van der Waals surface area contributed by atoms with Gasteiger partial charge in [0.2, 0.25) is 0 Å². The Morgan fingerprint density at radius 3 is 2.35 bits per heavy atom. The van der Waals surface area contributed by atoms with Gasteiger partial charge in [-0.1, -0.05) is 59.6 Å². The molecule has 7 nitrogen and oxygen atoms in total. The molecule has 0 aliphatic carbocycles. The third-order valence-electron chi connectivity index (χ3n) is 4.58. The molecule has 158 valence electrons. The van der Waals surface area contributed by atoms with Gasteiger partial charge in [0, 0.05) is 23.3 Å². The maximum atomic E-state index is 12.8. The number of hydrogen-bond acceptors (Lipinski definition) is 5. The fraction of sp³-hybridized carbons (Fsp3) is 0.130. The van der Waals surface area contributed by atoms with Crippen molar-refractivity contribution >= 4 is 29.2 Å². The summed E-state index contributed by atoms with van der Waals surface area (Å²) in [6, 6.07) is 18.5. The van der Waals surface area contributed by atoms with E-state index in [0.29, 0.717) is 16.7 Å². The minimum absolute atomic E-state index is 0.113. The Balaban J connectivity index is 1.76. The average Bonchev–Trinajstić information content (AvgIpc) is 2.77. The SMILES string of the molecule is Cc1ccc(C(=O)NC(C(=O)OCc2ccc([N+](=O)[O-])cc2Cl)c2ccccc2)cc1. The molecular weight excluding hydrogens is 420 g/mol. The molecule has 0 radical (unpaired) electrons. The van der Waals surface area contributed by atoms with Gasteiger partial charge in [0.1, 0.15) is 6.61 Å². The van der Waals surface area contributed by atoms with E-state index in [2.05, 4.69) is 5.32 Å². The first-order valence-corrected chi connectivity index (χ1v) is 9.75. The topological polar surface area (TPSA) is 98.5 Å². The standard InChI is InChI=1S/C23H19ClN2O5/c1-15-7-9-17(10-8-15)22(27)25-21(16-5-3-2-4-6-16)23(28)31-14-18-11-12-19(26(29)30)13-20(18)24/h2-13,21H,14H2,1H3,(H,25,27). The second-order valence-corrected chi connectivity index (χ2v) is 7.23. The Bertz CT molecular complexity index is 1100. The Hall–Kier alpha value is -3.71. The van der Waals surface area contributed by atoms with Gasteiger partial charge in [-0.15, -0.1) is 0 Å². The minimum Gasteiger partial charge on any atom is -0.459 e. The van der Waals surface area contributed by atoms with Gasteiger partial charge in [-0.2, -0.15) is 0 Å². The maximum absolute atomic E-state index is 12.8. The van der Waals surface area contributed by atoms with E-state index >= 15 is 0 Å². The van der Waals surface area contributed by atoms with Gasteiger partial charge in [0.05, 0.1) is 9.95 Å². The van der Waals surface area contributed by atoms with E-state index in [0.717, 1.165) is 5.56 Å². The van der Waals surface area contributed by atoms with Crippen LogP contribution in [0.2, 0.25) is 5.02 Å². The van der Waals surface area contributed by atoms with Crippen molar-refractivity contribution in [2.75, 3.05) is 0 Å². The fourth-order valence-electron chi connectivity index (χ4n) is 2.84. The molecule has 0 aliphatic rings. The molecule has 1 unspecified atom stereocenters. The van der Waals surface area contributed by atoms with Crippen LogP contribution < -0.4 is 5.32 Å². The number of rotatable bonds is 7. The summed E-state index contributed by atoms with van der Waals surface area (Å²) in [6.45, 7) is 1.72. The molecule has 1 amide bonds. The van der Waals surface area contributed by atoms with Crippen LogP contribution in [0.25, 0.3) is 0 Å². The Labute approximate surface area is 183 Å². The molecule has 0 saturated heterocycles. The highest BCUT2D eigenvalue weighted by Crippen LogP contribution is 2.24. The number of nitro groups is 1. The lowest BCUT2D eigenvalue weighted by molar-refractivity contribution is -0.384. The molecule has 3 rings (SSSR count). The molecule has 1 atom stereocenters. The van der Waals surface area contributed by atoms with E-state index in [-0.39, 0.29) is 17.3 Å². The van der Waals surface area contributed by atoms with Crippen LogP contribution in [0, 0.1) is 17.0 Å². The number of nitro benzene ring substituents is 1. The summed E-state index contributed by atoms with van der Waals surface area (Å²) in [6.07, 6.45) is 0. The van der Waals surface area contributed by atoms with Crippen molar-refractivity contribution in [3.05, 3.63) is 110 Å². The van der Waals surface area contributed by atoms with Crippen molar-refractivity contribution in [2.24, 2.45) is 0 Å². The predicted octanol–water partition coefficient (Wildman–Crippen LogP) is 4.77. The number of esters is 1. The second kappa shape index (κ2) is 9.86. The molecule has 0 aliphatic heterocycles. The van der Waals surface area contributed by atoms with Gasteiger partial charge in [0.25, 0.3) is 11.6 Å². The summed E-state index contributed by atoms with van der Waals surface area (Å²) >= 11 is 6.07. The Kier molecular flexibility index (Phi) is 6.99. The van der Waals surface area contributed by atoms with Gasteiger partial charge >= 0.3 is 5.97 Å². The van der Waals surface area contributed by atoms with Crippen molar-refractivity contribution in [1.29, 1.82) is 0 Å². The number of benzene rings is 3. The van der Waals surface area contributed by atoms with Crippen LogP contribution in [-0.4, -0.2) is 16.8 Å². The number of non-ortho nitro benzene ring substituents is 1. The van der Waals surface area contributed by atoms with Crippen molar-refractivity contribution in [1.82, 2.24) is 5.32 Å². The zero-order valence-corrected chi connectivity index (χ0v) is 17.3. The van der Waals surface area contributed by atoms with Crippen LogP contribution in [-0.2, 0) is 16.1 Å². The van der Waals surface area contributed by atoms with Crippen LogP contribution in [0.3, 0.4) is 0 Å². The molecule has 0 spiro atoms. The molecule has 1 N–H and O–H groups in total. The normalized spacial score (nSPS) is 11.4. The number of hydrogen-bond donors (Lipinski definition) is 1. The van der Waals surface area contributed by atoms with Gasteiger partial charge in [0.15, 0.2) is 6.04 Å². The van der Waals surface area contributed by atoms with Crippen molar-refractivity contribution in [3.63, 3.8) is 0 Å². The number of nitrogens with one attached hydrogen (secondary N) is 1. The minimum atomic E-state index is -1.04. The highest BCUT2D eigenvalue weighted by molar-refractivity contribution is 6.31. The molecule has 31 heavy (non-hydrogen) atoms. The van der Waals surface area contributed by atoms with Crippen LogP contribution >= 0.6 is 11.6 Å². The first-order valence-electron chi connectivity index (χ1n) is 9.37. The van der Waals surface area contributed by atoms with E-state index in [1.54, 1.807) is 54.6 Å². The van der Waals surface area contributed by atoms with Crippen molar-refractivity contribution in [3.8, 4) is 0 Å². The first kappa shape index (κ1) is 22.0. The molecule has 8 heteroatoms. The predicted molar refractivity (Wildman–Crippen MR) is 116 cm³/mol. The lowest BCUT2D eigenvalue weighted by Crippen LogP contribution is -2.35. The highest BCUT2D eigenvalue weighted by Gasteiger charge is 2.25. The highest BCUT2D eigenvalue weighted by atomic mass is 35.5. The lowest BCUT2D eigenvalue weighted by atomic mass is 10.1. The first-order chi connectivity index (χ1) is 14.8. The third kappa shape index (κ3) is 5.67. The zero-order valence-electron chi connectivity index (χ0n) is 16.6. The lowest BCUT2D eigenvalue weighted by Gasteiger charge is -2.18. The molecular formula is C23H19ClN2O5. The number of carbonyl (C=O) groups excluding carboxylic acids is 2. The molecule has 0 bridgehead atoms. The monoisotopic (exact) mass is 438 g/mol. The molecule has 0 heterocycles. The average molecular weight is 439 g/mol. The van der Waals surface area contributed by atoms with E-state index in [4.69, 9.17) is 16.3 Å². The number of carbonyl (C=O) groups is 2.